The van der Waals surface area contributed by atoms with Crippen LogP contribution in [0.5, 0.6) is 5.75 Å². The van der Waals surface area contributed by atoms with Crippen LogP contribution >= 0.6 is 23.2 Å². The summed E-state index contributed by atoms with van der Waals surface area (Å²) in [6.07, 6.45) is 3.20. The van der Waals surface area contributed by atoms with E-state index in [0.29, 0.717) is 28.0 Å². The molecule has 0 aliphatic rings. The van der Waals surface area contributed by atoms with Crippen molar-refractivity contribution in [2.45, 2.75) is 13.8 Å². The second-order valence-electron chi connectivity index (χ2n) is 5.99. The number of hydrogen-bond donors (Lipinski definition) is 1. The molecule has 3 aromatic rings. The minimum Gasteiger partial charge on any atom is -0.493 e. The average molecular weight is 404 g/mol. The van der Waals surface area contributed by atoms with Crippen molar-refractivity contribution in [1.29, 1.82) is 0 Å². The van der Waals surface area contributed by atoms with Crippen molar-refractivity contribution < 1.29 is 13.9 Å². The van der Waals surface area contributed by atoms with Crippen molar-refractivity contribution in [1.82, 2.24) is 5.32 Å². The second-order valence-corrected chi connectivity index (χ2v) is 6.84. The van der Waals surface area contributed by atoms with Crippen molar-refractivity contribution in [2.24, 2.45) is 0 Å². The van der Waals surface area contributed by atoms with Gasteiger partial charge in [0.2, 0.25) is 5.91 Å². The second kappa shape index (κ2) is 8.07. The van der Waals surface area contributed by atoms with Gasteiger partial charge in [0.1, 0.15) is 11.3 Å². The third-order valence-corrected chi connectivity index (χ3v) is 4.76. The first-order valence-corrected chi connectivity index (χ1v) is 9.24. The highest BCUT2D eigenvalue weighted by Crippen LogP contribution is 2.40. The number of allylic oxidation sites excluding steroid dienone is 1. The highest BCUT2D eigenvalue weighted by molar-refractivity contribution is 6.36. The van der Waals surface area contributed by atoms with Gasteiger partial charge in [0.05, 0.1) is 17.9 Å². The van der Waals surface area contributed by atoms with E-state index in [9.17, 15) is 4.79 Å². The topological polar surface area (TPSA) is 51.5 Å². The zero-order valence-corrected chi connectivity index (χ0v) is 16.7. The van der Waals surface area contributed by atoms with Crippen LogP contribution in [0.25, 0.3) is 27.7 Å². The number of rotatable bonds is 5. The van der Waals surface area contributed by atoms with Gasteiger partial charge in [0, 0.05) is 46.3 Å². The summed E-state index contributed by atoms with van der Waals surface area (Å²) >= 11 is 12.4. The lowest BCUT2D eigenvalue weighted by atomic mass is 9.99. The number of hydrogen-bond acceptors (Lipinski definition) is 3. The van der Waals surface area contributed by atoms with Gasteiger partial charge in [-0.15, -0.1) is 0 Å². The predicted molar refractivity (Wildman–Crippen MR) is 111 cm³/mol. The molecule has 0 saturated carbocycles. The Balaban J connectivity index is 2.21. The summed E-state index contributed by atoms with van der Waals surface area (Å²) in [4.78, 5) is 11.8. The molecule has 0 spiro atoms. The molecule has 4 nitrogen and oxygen atoms in total. The maximum atomic E-state index is 11.8. The molecule has 1 aromatic heterocycles. The summed E-state index contributed by atoms with van der Waals surface area (Å²) in [6, 6.07) is 9.14. The standard InChI is InChI=1S/C21H19Cl2NO3/c1-4-26-19-10-20-16(9-15(19)12(2)7-21(25)24-3)17(11-27-20)14-6-5-13(22)8-18(14)23/h5-11H,4H2,1-3H3,(H,24,25)/b12-7+. The van der Waals surface area contributed by atoms with E-state index >= 15 is 0 Å². The molecular weight excluding hydrogens is 385 g/mol. The highest BCUT2D eigenvalue weighted by atomic mass is 35.5. The number of halogens is 2. The summed E-state index contributed by atoms with van der Waals surface area (Å²) in [5, 5.41) is 4.58. The maximum Gasteiger partial charge on any atom is 0.244 e. The van der Waals surface area contributed by atoms with Crippen molar-refractivity contribution in [3.8, 4) is 16.9 Å². The summed E-state index contributed by atoms with van der Waals surface area (Å²) in [5.41, 5.74) is 3.96. The van der Waals surface area contributed by atoms with Crippen LogP contribution in [-0.2, 0) is 4.79 Å². The maximum absolute atomic E-state index is 11.8. The number of fused-ring (bicyclic) bond motifs is 1. The highest BCUT2D eigenvalue weighted by Gasteiger charge is 2.16. The summed E-state index contributed by atoms with van der Waals surface area (Å²) in [5.74, 6) is 0.481. The summed E-state index contributed by atoms with van der Waals surface area (Å²) in [6.45, 7) is 4.28. The molecule has 140 valence electrons. The SMILES string of the molecule is CCOc1cc2occ(-c3ccc(Cl)cc3Cl)c2cc1/C(C)=C/C(=O)NC. The van der Waals surface area contributed by atoms with E-state index in [2.05, 4.69) is 5.32 Å². The van der Waals surface area contributed by atoms with Gasteiger partial charge in [-0.05, 0) is 37.6 Å². The number of furan rings is 1. The van der Waals surface area contributed by atoms with E-state index in [4.69, 9.17) is 32.4 Å². The summed E-state index contributed by atoms with van der Waals surface area (Å²) in [7, 11) is 1.59. The van der Waals surface area contributed by atoms with Crippen LogP contribution in [0, 0.1) is 0 Å². The molecule has 0 aliphatic carbocycles. The van der Waals surface area contributed by atoms with Gasteiger partial charge in [-0.2, -0.15) is 0 Å². The first-order chi connectivity index (χ1) is 12.9. The number of carbonyl (C=O) groups excluding carboxylic acids is 1. The van der Waals surface area contributed by atoms with Crippen molar-refractivity contribution in [3.05, 3.63) is 58.3 Å². The fraction of sp³-hybridized carbons (Fsp3) is 0.190. The van der Waals surface area contributed by atoms with Crippen LogP contribution in [-0.4, -0.2) is 19.6 Å². The summed E-state index contributed by atoms with van der Waals surface area (Å²) < 4.78 is 11.5. The van der Waals surface area contributed by atoms with E-state index in [1.807, 2.05) is 32.0 Å². The van der Waals surface area contributed by atoms with E-state index in [1.165, 1.54) is 0 Å². The molecule has 1 N–H and O–H groups in total. The van der Waals surface area contributed by atoms with Crippen LogP contribution < -0.4 is 10.1 Å². The van der Waals surface area contributed by atoms with Gasteiger partial charge in [0.15, 0.2) is 0 Å². The van der Waals surface area contributed by atoms with Crippen LogP contribution in [0.2, 0.25) is 10.0 Å². The number of nitrogens with one attached hydrogen (secondary N) is 1. The largest absolute Gasteiger partial charge is 0.493 e. The zero-order valence-electron chi connectivity index (χ0n) is 15.2. The van der Waals surface area contributed by atoms with Crippen molar-refractivity contribution >= 4 is 45.7 Å². The Labute approximate surface area is 167 Å². The van der Waals surface area contributed by atoms with Gasteiger partial charge in [-0.3, -0.25) is 4.79 Å². The third kappa shape index (κ3) is 3.97. The lowest BCUT2D eigenvalue weighted by Gasteiger charge is -2.11. The van der Waals surface area contributed by atoms with E-state index in [-0.39, 0.29) is 5.91 Å². The third-order valence-electron chi connectivity index (χ3n) is 4.22. The Kier molecular flexibility index (Phi) is 5.78. The van der Waals surface area contributed by atoms with E-state index < -0.39 is 0 Å². The molecular formula is C21H19Cl2NO3. The Morgan fingerprint density at radius 2 is 2.00 bits per heavy atom. The normalized spacial score (nSPS) is 11.7. The van der Waals surface area contributed by atoms with Crippen molar-refractivity contribution in [2.75, 3.05) is 13.7 Å². The Bertz CT molecular complexity index is 1040. The number of amides is 1. The molecule has 3 rings (SSSR count). The number of ether oxygens (including phenoxy) is 1. The number of benzene rings is 2. The molecule has 0 atom stereocenters. The first kappa shape index (κ1) is 19.3. The fourth-order valence-corrected chi connectivity index (χ4v) is 3.41. The minimum absolute atomic E-state index is 0.178. The zero-order chi connectivity index (χ0) is 19.6. The van der Waals surface area contributed by atoms with Crippen molar-refractivity contribution in [3.63, 3.8) is 0 Å². The van der Waals surface area contributed by atoms with Gasteiger partial charge >= 0.3 is 0 Å². The Morgan fingerprint density at radius 1 is 1.22 bits per heavy atom. The fourth-order valence-electron chi connectivity index (χ4n) is 2.90. The Hall–Kier alpha value is -2.43. The van der Waals surface area contributed by atoms with E-state index in [0.717, 1.165) is 27.6 Å². The molecule has 0 bridgehead atoms. The van der Waals surface area contributed by atoms with Crippen LogP contribution in [0.4, 0.5) is 0 Å². The molecule has 27 heavy (non-hydrogen) atoms. The van der Waals surface area contributed by atoms with Crippen LogP contribution in [0.1, 0.15) is 19.4 Å². The molecule has 0 unspecified atom stereocenters. The predicted octanol–water partition coefficient (Wildman–Crippen LogP) is 5.95. The number of likely N-dealkylation sites (N-methyl/N-ethyl adjacent to an activating group) is 1. The monoisotopic (exact) mass is 403 g/mol. The molecule has 0 saturated heterocycles. The van der Waals surface area contributed by atoms with Gasteiger partial charge in [-0.1, -0.05) is 29.3 Å². The van der Waals surface area contributed by atoms with Gasteiger partial charge in [0.25, 0.3) is 0 Å². The molecule has 1 heterocycles. The first-order valence-electron chi connectivity index (χ1n) is 8.48. The minimum atomic E-state index is -0.178. The smallest absolute Gasteiger partial charge is 0.244 e. The van der Waals surface area contributed by atoms with E-state index in [1.54, 1.807) is 31.5 Å². The Morgan fingerprint density at radius 3 is 2.67 bits per heavy atom. The van der Waals surface area contributed by atoms with Crippen LogP contribution in [0.3, 0.4) is 0 Å². The quantitative estimate of drug-likeness (QED) is 0.535. The average Bonchev–Trinajstić information content (AvgIpc) is 3.03. The molecule has 2 aromatic carbocycles. The molecule has 0 radical (unpaired) electrons. The lowest BCUT2D eigenvalue weighted by molar-refractivity contribution is -0.116. The lowest BCUT2D eigenvalue weighted by Crippen LogP contribution is -2.14. The molecule has 0 fully saturated rings. The van der Waals surface area contributed by atoms with Crippen LogP contribution in [0.15, 0.2) is 47.1 Å². The molecule has 1 amide bonds. The number of carbonyl (C=O) groups is 1. The van der Waals surface area contributed by atoms with Gasteiger partial charge < -0.3 is 14.5 Å². The molecule has 0 aliphatic heterocycles. The van der Waals surface area contributed by atoms with Gasteiger partial charge in [-0.25, -0.2) is 0 Å². The molecule has 6 heteroatoms.